The maximum atomic E-state index is 11.8. The first-order valence-corrected chi connectivity index (χ1v) is 8.98. The second-order valence-corrected chi connectivity index (χ2v) is 6.32. The van der Waals surface area contributed by atoms with Gasteiger partial charge in [-0.2, -0.15) is 0 Å². The molecule has 3 rings (SSSR count). The summed E-state index contributed by atoms with van der Waals surface area (Å²) in [7, 11) is 0. The number of thiazole rings is 1. The molecule has 3 aromatic rings. The summed E-state index contributed by atoms with van der Waals surface area (Å²) in [6, 6.07) is 13.4. The molecule has 0 fully saturated rings. The normalized spacial score (nSPS) is 10.4. The highest BCUT2D eigenvalue weighted by Gasteiger charge is 2.06. The number of nitrogens with one attached hydrogen (secondary N) is 1. The predicted molar refractivity (Wildman–Crippen MR) is 98.6 cm³/mol. The lowest BCUT2D eigenvalue weighted by atomic mass is 10.2. The quantitative estimate of drug-likeness (QED) is 0.675. The van der Waals surface area contributed by atoms with Crippen molar-refractivity contribution in [3.8, 4) is 17.0 Å². The molecule has 2 aromatic heterocycles. The summed E-state index contributed by atoms with van der Waals surface area (Å²) in [5.74, 6) is 0.767. The van der Waals surface area contributed by atoms with E-state index in [0.717, 1.165) is 28.4 Å². The van der Waals surface area contributed by atoms with E-state index in [9.17, 15) is 4.79 Å². The first-order valence-electron chi connectivity index (χ1n) is 8.10. The van der Waals surface area contributed by atoms with Crippen molar-refractivity contribution in [2.75, 3.05) is 13.2 Å². The van der Waals surface area contributed by atoms with Crippen LogP contribution in [0.15, 0.2) is 60.2 Å². The fraction of sp³-hybridized carbons (Fsp3) is 0.211. The van der Waals surface area contributed by atoms with Crippen LogP contribution in [0.5, 0.6) is 5.75 Å². The average Bonchev–Trinajstić information content (AvgIpc) is 3.12. The van der Waals surface area contributed by atoms with Crippen molar-refractivity contribution in [3.63, 3.8) is 0 Å². The number of aromatic nitrogens is 2. The average molecular weight is 353 g/mol. The Labute approximate surface area is 150 Å². The first-order chi connectivity index (χ1) is 12.3. The Morgan fingerprint density at radius 3 is 2.72 bits per heavy atom. The SMILES string of the molecule is O=C(CCOc1ccccc1)NCCc1nc(-c2ccncc2)cs1. The molecule has 0 atom stereocenters. The molecule has 1 aromatic carbocycles. The van der Waals surface area contributed by atoms with Gasteiger partial charge >= 0.3 is 0 Å². The second-order valence-electron chi connectivity index (χ2n) is 5.37. The third kappa shape index (κ3) is 5.39. The van der Waals surface area contributed by atoms with E-state index in [1.54, 1.807) is 23.7 Å². The molecule has 25 heavy (non-hydrogen) atoms. The number of amides is 1. The highest BCUT2D eigenvalue weighted by molar-refractivity contribution is 7.09. The van der Waals surface area contributed by atoms with Crippen LogP contribution in [-0.4, -0.2) is 29.0 Å². The van der Waals surface area contributed by atoms with Crippen molar-refractivity contribution in [3.05, 3.63) is 65.2 Å². The monoisotopic (exact) mass is 353 g/mol. The minimum absolute atomic E-state index is 0.0122. The number of para-hydroxylation sites is 1. The Hall–Kier alpha value is -2.73. The van der Waals surface area contributed by atoms with Gasteiger partial charge in [0.05, 0.1) is 23.7 Å². The summed E-state index contributed by atoms with van der Waals surface area (Å²) in [6.07, 6.45) is 4.58. The van der Waals surface area contributed by atoms with E-state index in [4.69, 9.17) is 4.74 Å². The number of benzene rings is 1. The van der Waals surface area contributed by atoms with Crippen LogP contribution in [0.1, 0.15) is 11.4 Å². The molecule has 0 saturated carbocycles. The van der Waals surface area contributed by atoms with Crippen LogP contribution in [0.4, 0.5) is 0 Å². The standard InChI is InChI=1S/C19H19N3O2S/c23-18(9-13-24-16-4-2-1-3-5-16)21-12-8-19-22-17(14-25-19)15-6-10-20-11-7-15/h1-7,10-11,14H,8-9,12-13H2,(H,21,23). The molecule has 0 radical (unpaired) electrons. The lowest BCUT2D eigenvalue weighted by Gasteiger charge is -2.06. The van der Waals surface area contributed by atoms with E-state index in [1.807, 2.05) is 47.8 Å². The van der Waals surface area contributed by atoms with Crippen molar-refractivity contribution in [1.29, 1.82) is 0 Å². The molecule has 0 unspecified atom stereocenters. The van der Waals surface area contributed by atoms with Gasteiger partial charge < -0.3 is 10.1 Å². The Kier molecular flexibility index (Phi) is 6.11. The van der Waals surface area contributed by atoms with Gasteiger partial charge in [-0.3, -0.25) is 9.78 Å². The highest BCUT2D eigenvalue weighted by Crippen LogP contribution is 2.21. The van der Waals surface area contributed by atoms with Crippen molar-refractivity contribution < 1.29 is 9.53 Å². The van der Waals surface area contributed by atoms with Gasteiger partial charge in [0.15, 0.2) is 0 Å². The van der Waals surface area contributed by atoms with Crippen LogP contribution in [0.3, 0.4) is 0 Å². The molecule has 1 N–H and O–H groups in total. The Balaban J connectivity index is 1.36. The van der Waals surface area contributed by atoms with Crippen LogP contribution in [0.2, 0.25) is 0 Å². The third-order valence-corrected chi connectivity index (χ3v) is 4.44. The summed E-state index contributed by atoms with van der Waals surface area (Å²) in [5, 5.41) is 5.94. The molecule has 0 aliphatic heterocycles. The third-order valence-electron chi connectivity index (χ3n) is 3.53. The minimum Gasteiger partial charge on any atom is -0.493 e. The minimum atomic E-state index is -0.0122. The number of ether oxygens (including phenoxy) is 1. The van der Waals surface area contributed by atoms with Crippen molar-refractivity contribution in [2.45, 2.75) is 12.8 Å². The summed E-state index contributed by atoms with van der Waals surface area (Å²) < 4.78 is 5.52. The van der Waals surface area contributed by atoms with Gasteiger partial charge in [0.1, 0.15) is 5.75 Å². The predicted octanol–water partition coefficient (Wildman–Crippen LogP) is 3.33. The fourth-order valence-electron chi connectivity index (χ4n) is 2.26. The lowest BCUT2D eigenvalue weighted by molar-refractivity contribution is -0.121. The number of nitrogens with zero attached hydrogens (tertiary/aromatic N) is 2. The summed E-state index contributed by atoms with van der Waals surface area (Å²) in [5.41, 5.74) is 2.00. The van der Waals surface area contributed by atoms with Gasteiger partial charge in [-0.25, -0.2) is 4.98 Å². The van der Waals surface area contributed by atoms with Crippen LogP contribution in [0.25, 0.3) is 11.3 Å². The number of carbonyl (C=O) groups is 1. The Bertz CT molecular complexity index is 791. The molecule has 0 bridgehead atoms. The number of hydrogen-bond donors (Lipinski definition) is 1. The molecule has 0 aliphatic rings. The number of rotatable bonds is 8. The van der Waals surface area contributed by atoms with E-state index in [1.165, 1.54) is 0 Å². The van der Waals surface area contributed by atoms with Crippen molar-refractivity contribution in [2.24, 2.45) is 0 Å². The number of pyridine rings is 1. The Morgan fingerprint density at radius 2 is 1.92 bits per heavy atom. The maximum absolute atomic E-state index is 11.8. The van der Waals surface area contributed by atoms with Gasteiger partial charge in [0.2, 0.25) is 5.91 Å². The molecule has 0 spiro atoms. The van der Waals surface area contributed by atoms with E-state index in [2.05, 4.69) is 15.3 Å². The molecule has 1 amide bonds. The zero-order chi connectivity index (χ0) is 17.3. The highest BCUT2D eigenvalue weighted by atomic mass is 32.1. The summed E-state index contributed by atoms with van der Waals surface area (Å²) in [4.78, 5) is 20.4. The van der Waals surface area contributed by atoms with Crippen LogP contribution in [-0.2, 0) is 11.2 Å². The molecule has 2 heterocycles. The molecule has 128 valence electrons. The van der Waals surface area contributed by atoms with Crippen molar-refractivity contribution in [1.82, 2.24) is 15.3 Å². The topological polar surface area (TPSA) is 64.1 Å². The van der Waals surface area contributed by atoms with Gasteiger partial charge in [0.25, 0.3) is 0 Å². The van der Waals surface area contributed by atoms with Crippen molar-refractivity contribution >= 4 is 17.2 Å². The Morgan fingerprint density at radius 1 is 1.12 bits per heavy atom. The largest absolute Gasteiger partial charge is 0.493 e. The van der Waals surface area contributed by atoms with Crippen LogP contribution in [0, 0.1) is 0 Å². The van der Waals surface area contributed by atoms with Gasteiger partial charge in [-0.15, -0.1) is 11.3 Å². The smallest absolute Gasteiger partial charge is 0.223 e. The van der Waals surface area contributed by atoms with Gasteiger partial charge in [0, 0.05) is 36.3 Å². The zero-order valence-corrected chi connectivity index (χ0v) is 14.5. The van der Waals surface area contributed by atoms with E-state index >= 15 is 0 Å². The van der Waals surface area contributed by atoms with E-state index < -0.39 is 0 Å². The van der Waals surface area contributed by atoms with Crippen LogP contribution >= 0.6 is 11.3 Å². The molecule has 0 saturated heterocycles. The maximum Gasteiger partial charge on any atom is 0.223 e. The first kappa shape index (κ1) is 17.1. The summed E-state index contributed by atoms with van der Waals surface area (Å²) in [6.45, 7) is 0.951. The van der Waals surface area contributed by atoms with Gasteiger partial charge in [-0.1, -0.05) is 18.2 Å². The molecule has 5 nitrogen and oxygen atoms in total. The zero-order valence-electron chi connectivity index (χ0n) is 13.7. The van der Waals surface area contributed by atoms with E-state index in [-0.39, 0.29) is 5.91 Å². The fourth-order valence-corrected chi connectivity index (χ4v) is 3.06. The lowest BCUT2D eigenvalue weighted by Crippen LogP contribution is -2.27. The second kappa shape index (κ2) is 8.94. The molecular formula is C19H19N3O2S. The van der Waals surface area contributed by atoms with Gasteiger partial charge in [-0.05, 0) is 24.3 Å². The number of carbonyl (C=O) groups excluding carboxylic acids is 1. The summed E-state index contributed by atoms with van der Waals surface area (Å²) >= 11 is 1.60. The van der Waals surface area contributed by atoms with Crippen LogP contribution < -0.4 is 10.1 Å². The molecule has 6 heteroatoms. The molecule has 0 aliphatic carbocycles. The number of hydrogen-bond acceptors (Lipinski definition) is 5. The van der Waals surface area contributed by atoms with E-state index in [0.29, 0.717) is 19.6 Å². The molecular weight excluding hydrogens is 334 g/mol.